The van der Waals surface area contributed by atoms with Gasteiger partial charge in [-0.05, 0) is 18.3 Å². The molecule has 2 aliphatic carbocycles. The SMILES string of the molecule is C=c1c[c-]c(=Cc2[c-]cc(C(C)(C)C)c3c2CCCC3)c2c1CCCC2.[Y]. The van der Waals surface area contributed by atoms with Gasteiger partial charge in [0.1, 0.15) is 0 Å². The molecule has 0 spiro atoms. The average molecular weight is 431 g/mol. The maximum Gasteiger partial charge on any atom is 0 e. The third-order valence-corrected chi connectivity index (χ3v) is 6.17. The molecule has 0 bridgehead atoms. The molecule has 0 N–H and O–H groups in total. The molecule has 2 aromatic rings. The van der Waals surface area contributed by atoms with Gasteiger partial charge < -0.3 is 0 Å². The van der Waals surface area contributed by atoms with Gasteiger partial charge in [0.05, 0.1) is 0 Å². The summed E-state index contributed by atoms with van der Waals surface area (Å²) in [5.41, 5.74) is 9.08. The zero-order valence-corrected chi connectivity index (χ0v) is 20.0. The van der Waals surface area contributed by atoms with Crippen molar-refractivity contribution in [3.63, 3.8) is 0 Å². The number of rotatable bonds is 1. The molecule has 0 aliphatic heterocycles. The van der Waals surface area contributed by atoms with Crippen LogP contribution in [0.25, 0.3) is 12.7 Å². The maximum atomic E-state index is 4.24. The van der Waals surface area contributed by atoms with E-state index in [0.29, 0.717) is 0 Å². The molecule has 0 aromatic heterocycles. The van der Waals surface area contributed by atoms with Crippen LogP contribution in [0.5, 0.6) is 0 Å². The summed E-state index contributed by atoms with van der Waals surface area (Å²) in [5.74, 6) is 0. The fraction of sp³-hybridized carbons (Fsp3) is 0.462. The van der Waals surface area contributed by atoms with Gasteiger partial charge in [-0.2, -0.15) is 0 Å². The first-order valence-electron chi connectivity index (χ1n) is 10.2. The van der Waals surface area contributed by atoms with Crippen LogP contribution >= 0.6 is 0 Å². The summed E-state index contributed by atoms with van der Waals surface area (Å²) < 4.78 is 0. The molecule has 1 heteroatoms. The molecule has 0 saturated carbocycles. The van der Waals surface area contributed by atoms with Gasteiger partial charge in [-0.25, -0.2) is 0 Å². The zero-order valence-electron chi connectivity index (χ0n) is 17.2. The standard InChI is InChI=1S/C26H30.Y/c1-18-13-14-19(22-10-6-5-9-21(18)22)17-20-15-16-25(26(2,3)4)24-12-8-7-11-23(20)24;/h13,16-17H,1,5-12H2,2-4H3;/q-2;. The van der Waals surface area contributed by atoms with E-state index in [1.807, 2.05) is 0 Å². The minimum absolute atomic E-state index is 0. The minimum Gasteiger partial charge on any atom is -0.148 e. The fourth-order valence-electron chi connectivity index (χ4n) is 4.79. The monoisotopic (exact) mass is 431 g/mol. The van der Waals surface area contributed by atoms with Crippen molar-refractivity contribution in [2.24, 2.45) is 0 Å². The summed E-state index contributed by atoms with van der Waals surface area (Å²) in [7, 11) is 0. The minimum atomic E-state index is 0. The molecule has 2 aliphatic rings. The number of benzene rings is 2. The Hall–Kier alpha value is -0.716. The van der Waals surface area contributed by atoms with E-state index in [1.54, 1.807) is 11.1 Å². The Morgan fingerprint density at radius 3 is 2.07 bits per heavy atom. The predicted octanol–water partition coefficient (Wildman–Crippen LogP) is 4.58. The molecule has 0 amide bonds. The van der Waals surface area contributed by atoms with Gasteiger partial charge >= 0.3 is 0 Å². The topological polar surface area (TPSA) is 0 Å². The second-order valence-electron chi connectivity index (χ2n) is 9.07. The summed E-state index contributed by atoms with van der Waals surface area (Å²) in [4.78, 5) is 0. The smallest absolute Gasteiger partial charge is 0 e. The van der Waals surface area contributed by atoms with E-state index in [9.17, 15) is 0 Å². The van der Waals surface area contributed by atoms with Crippen LogP contribution in [0.2, 0.25) is 0 Å². The maximum absolute atomic E-state index is 4.24. The van der Waals surface area contributed by atoms with Gasteiger partial charge in [-0.1, -0.05) is 59.3 Å². The third-order valence-electron chi connectivity index (χ3n) is 6.17. The van der Waals surface area contributed by atoms with Crippen molar-refractivity contribution in [3.8, 4) is 0 Å². The summed E-state index contributed by atoms with van der Waals surface area (Å²) in [6.07, 6.45) is 12.3. The molecule has 1 radical (unpaired) electrons. The Labute approximate surface area is 190 Å². The van der Waals surface area contributed by atoms with Crippen molar-refractivity contribution in [1.82, 2.24) is 0 Å². The van der Waals surface area contributed by atoms with Crippen molar-refractivity contribution < 1.29 is 32.7 Å². The van der Waals surface area contributed by atoms with E-state index in [0.717, 1.165) is 0 Å². The quantitative estimate of drug-likeness (QED) is 0.580. The van der Waals surface area contributed by atoms with Crippen LogP contribution in [0.3, 0.4) is 0 Å². The van der Waals surface area contributed by atoms with Gasteiger partial charge in [0.2, 0.25) is 0 Å². The molecule has 0 atom stereocenters. The van der Waals surface area contributed by atoms with Crippen LogP contribution in [0.15, 0.2) is 12.1 Å². The number of hydrogen-bond acceptors (Lipinski definition) is 0. The molecule has 0 saturated heterocycles. The molecule has 2 aromatic carbocycles. The van der Waals surface area contributed by atoms with Crippen LogP contribution < -0.4 is 10.4 Å². The average Bonchev–Trinajstić information content (AvgIpc) is 2.63. The second kappa shape index (κ2) is 8.34. The van der Waals surface area contributed by atoms with Gasteiger partial charge in [0, 0.05) is 32.7 Å². The van der Waals surface area contributed by atoms with Gasteiger partial charge in [0.15, 0.2) is 0 Å². The van der Waals surface area contributed by atoms with Crippen molar-refractivity contribution in [3.05, 3.63) is 68.1 Å². The van der Waals surface area contributed by atoms with Crippen LogP contribution in [0.4, 0.5) is 0 Å². The van der Waals surface area contributed by atoms with E-state index >= 15 is 0 Å². The van der Waals surface area contributed by atoms with Gasteiger partial charge in [-0.3, -0.25) is 0 Å². The van der Waals surface area contributed by atoms with E-state index in [2.05, 4.69) is 57.7 Å². The normalized spacial score (nSPS) is 17.1. The van der Waals surface area contributed by atoms with Gasteiger partial charge in [-0.15, -0.1) is 80.7 Å². The van der Waals surface area contributed by atoms with E-state index in [-0.39, 0.29) is 38.1 Å². The first-order valence-corrected chi connectivity index (χ1v) is 10.2. The van der Waals surface area contributed by atoms with Crippen molar-refractivity contribution in [1.29, 1.82) is 0 Å². The van der Waals surface area contributed by atoms with Crippen molar-refractivity contribution in [2.75, 3.05) is 0 Å². The molecular formula is C26H30Y-2. The molecule has 0 unspecified atom stereocenters. The third kappa shape index (κ3) is 4.18. The number of fused-ring (bicyclic) bond motifs is 2. The molecule has 139 valence electrons. The van der Waals surface area contributed by atoms with Gasteiger partial charge in [0.25, 0.3) is 0 Å². The molecular weight excluding hydrogens is 401 g/mol. The first-order chi connectivity index (χ1) is 12.4. The van der Waals surface area contributed by atoms with E-state index in [1.165, 1.54) is 84.1 Å². The van der Waals surface area contributed by atoms with Crippen LogP contribution in [-0.4, -0.2) is 0 Å². The fourth-order valence-corrected chi connectivity index (χ4v) is 4.79. The molecule has 0 fully saturated rings. The summed E-state index contributed by atoms with van der Waals surface area (Å²) in [6.45, 7) is 11.2. The zero-order chi connectivity index (χ0) is 18.3. The van der Waals surface area contributed by atoms with Crippen molar-refractivity contribution >= 4 is 12.7 Å². The Bertz CT molecular complexity index is 944. The van der Waals surface area contributed by atoms with Crippen LogP contribution in [0.1, 0.15) is 79.8 Å². The Kier molecular flexibility index (Phi) is 6.49. The summed E-state index contributed by atoms with van der Waals surface area (Å²) >= 11 is 0. The predicted molar refractivity (Wildman–Crippen MR) is 111 cm³/mol. The summed E-state index contributed by atoms with van der Waals surface area (Å²) in [5, 5.41) is 2.45. The number of hydrogen-bond donors (Lipinski definition) is 0. The molecule has 0 nitrogen and oxygen atoms in total. The Morgan fingerprint density at radius 2 is 1.41 bits per heavy atom. The second-order valence-corrected chi connectivity index (χ2v) is 9.07. The molecule has 27 heavy (non-hydrogen) atoms. The Balaban J connectivity index is 0.00000210. The van der Waals surface area contributed by atoms with E-state index in [4.69, 9.17) is 0 Å². The van der Waals surface area contributed by atoms with E-state index < -0.39 is 0 Å². The molecule has 4 rings (SSSR count). The summed E-state index contributed by atoms with van der Waals surface area (Å²) in [6, 6.07) is 11.5. The van der Waals surface area contributed by atoms with Crippen LogP contribution in [0, 0.1) is 12.1 Å². The first kappa shape index (κ1) is 21.0. The largest absolute Gasteiger partial charge is 0.148 e. The Morgan fingerprint density at radius 1 is 0.815 bits per heavy atom. The molecule has 0 heterocycles. The van der Waals surface area contributed by atoms with Crippen LogP contribution in [-0.2, 0) is 63.8 Å². The van der Waals surface area contributed by atoms with Crippen molar-refractivity contribution in [2.45, 2.75) is 77.6 Å².